The van der Waals surface area contributed by atoms with Crippen LogP contribution in [0.5, 0.6) is 5.75 Å². The van der Waals surface area contributed by atoms with Gasteiger partial charge in [0.2, 0.25) is 0 Å². The highest BCUT2D eigenvalue weighted by Crippen LogP contribution is 2.20. The summed E-state index contributed by atoms with van der Waals surface area (Å²) in [6.07, 6.45) is 0.457. The van der Waals surface area contributed by atoms with Gasteiger partial charge in [0.15, 0.2) is 9.84 Å². The first kappa shape index (κ1) is 14.8. The third-order valence-corrected chi connectivity index (χ3v) is 5.46. The molecule has 0 saturated carbocycles. The van der Waals surface area contributed by atoms with Crippen molar-refractivity contribution in [2.24, 2.45) is 0 Å². The van der Waals surface area contributed by atoms with Crippen molar-refractivity contribution in [3.63, 3.8) is 0 Å². The average molecular weight is 320 g/mol. The molecule has 2 heterocycles. The van der Waals surface area contributed by atoms with Crippen molar-refractivity contribution in [2.45, 2.75) is 12.5 Å². The van der Waals surface area contributed by atoms with Gasteiger partial charge in [-0.1, -0.05) is 6.07 Å². The molecule has 1 atom stereocenters. The number of ether oxygens (including phenoxy) is 1. The summed E-state index contributed by atoms with van der Waals surface area (Å²) < 4.78 is 28.0. The number of rotatable bonds is 3. The summed E-state index contributed by atoms with van der Waals surface area (Å²) in [5.41, 5.74) is 0.967. The zero-order chi connectivity index (χ0) is 15.7. The van der Waals surface area contributed by atoms with Crippen molar-refractivity contribution in [3.8, 4) is 5.75 Å². The first-order chi connectivity index (χ1) is 10.5. The predicted octanol–water partition coefficient (Wildman–Crippen LogP) is 1.16. The largest absolute Gasteiger partial charge is 0.497 e. The number of hydrogen-bond donors (Lipinski definition) is 1. The molecule has 1 amide bonds. The fourth-order valence-electron chi connectivity index (χ4n) is 2.53. The van der Waals surface area contributed by atoms with Crippen LogP contribution in [0, 0.1) is 0 Å². The third-order valence-electron chi connectivity index (χ3n) is 3.70. The van der Waals surface area contributed by atoms with Gasteiger partial charge in [-0.15, -0.1) is 0 Å². The molecule has 1 unspecified atom stereocenters. The van der Waals surface area contributed by atoms with E-state index >= 15 is 0 Å². The summed E-state index contributed by atoms with van der Waals surface area (Å²) in [7, 11) is -1.43. The molecule has 0 spiro atoms. The fourth-order valence-corrected chi connectivity index (χ4v) is 4.20. The van der Waals surface area contributed by atoms with E-state index < -0.39 is 9.84 Å². The number of carbonyl (C=O) groups is 1. The number of carbonyl (C=O) groups excluding carboxylic acids is 1. The highest BCUT2D eigenvalue weighted by molar-refractivity contribution is 7.91. The normalized spacial score (nSPS) is 20.0. The molecule has 0 aliphatic carbocycles. The van der Waals surface area contributed by atoms with Crippen LogP contribution >= 0.6 is 0 Å². The van der Waals surface area contributed by atoms with Crippen LogP contribution < -0.4 is 10.1 Å². The quantitative estimate of drug-likeness (QED) is 0.917. The van der Waals surface area contributed by atoms with Gasteiger partial charge < -0.3 is 10.1 Å². The molecule has 3 rings (SSSR count). The number of nitrogens with one attached hydrogen (secondary N) is 1. The molecule has 1 aromatic carbocycles. The number of hydrogen-bond acceptors (Lipinski definition) is 5. The van der Waals surface area contributed by atoms with Crippen LogP contribution in [-0.4, -0.2) is 44.0 Å². The van der Waals surface area contributed by atoms with Crippen molar-refractivity contribution in [2.75, 3.05) is 18.6 Å². The minimum atomic E-state index is -3.01. The van der Waals surface area contributed by atoms with E-state index in [-0.39, 0.29) is 29.1 Å². The van der Waals surface area contributed by atoms with E-state index in [2.05, 4.69) is 10.3 Å². The van der Waals surface area contributed by atoms with Crippen LogP contribution in [0.3, 0.4) is 0 Å². The maximum atomic E-state index is 12.2. The Morgan fingerprint density at radius 1 is 1.32 bits per heavy atom. The number of nitrogens with zero attached hydrogens (tertiary/aromatic N) is 1. The Morgan fingerprint density at radius 3 is 2.82 bits per heavy atom. The van der Waals surface area contributed by atoms with Gasteiger partial charge in [-0.2, -0.15) is 0 Å². The Kier molecular flexibility index (Phi) is 3.74. The molecule has 1 N–H and O–H groups in total. The summed E-state index contributed by atoms with van der Waals surface area (Å²) in [5.74, 6) is 0.509. The molecular weight excluding hydrogens is 304 g/mol. The van der Waals surface area contributed by atoms with E-state index in [1.807, 2.05) is 6.07 Å². The number of aromatic nitrogens is 1. The smallest absolute Gasteiger partial charge is 0.270 e. The van der Waals surface area contributed by atoms with E-state index in [0.717, 1.165) is 11.1 Å². The lowest BCUT2D eigenvalue weighted by Crippen LogP contribution is -2.36. The molecule has 22 heavy (non-hydrogen) atoms. The summed E-state index contributed by atoms with van der Waals surface area (Å²) in [5, 5.41) is 3.61. The molecule has 1 fully saturated rings. The first-order valence-electron chi connectivity index (χ1n) is 6.93. The van der Waals surface area contributed by atoms with Crippen molar-refractivity contribution in [1.82, 2.24) is 10.3 Å². The average Bonchev–Trinajstić information content (AvgIpc) is 2.84. The van der Waals surface area contributed by atoms with Gasteiger partial charge in [0.05, 0.1) is 24.1 Å². The molecular formula is C15H16N2O4S. The summed E-state index contributed by atoms with van der Waals surface area (Å²) in [6.45, 7) is 0. The van der Waals surface area contributed by atoms with Gasteiger partial charge in [-0.3, -0.25) is 4.79 Å². The Bertz CT molecular complexity index is 833. The maximum Gasteiger partial charge on any atom is 0.270 e. The van der Waals surface area contributed by atoms with Crippen LogP contribution in [-0.2, 0) is 9.84 Å². The van der Waals surface area contributed by atoms with Crippen LogP contribution in [0.1, 0.15) is 16.9 Å². The molecule has 2 aromatic rings. The van der Waals surface area contributed by atoms with Gasteiger partial charge in [-0.25, -0.2) is 13.4 Å². The Hall–Kier alpha value is -2.15. The van der Waals surface area contributed by atoms with Gasteiger partial charge in [0.25, 0.3) is 5.91 Å². The highest BCUT2D eigenvalue weighted by Gasteiger charge is 2.29. The van der Waals surface area contributed by atoms with Gasteiger partial charge in [-0.05, 0) is 30.7 Å². The molecule has 0 bridgehead atoms. The topological polar surface area (TPSA) is 85.4 Å². The molecule has 0 radical (unpaired) electrons. The summed E-state index contributed by atoms with van der Waals surface area (Å²) in [4.78, 5) is 16.5. The Morgan fingerprint density at radius 2 is 2.14 bits per heavy atom. The molecule has 1 saturated heterocycles. The van der Waals surface area contributed by atoms with Crippen molar-refractivity contribution in [1.29, 1.82) is 0 Å². The lowest BCUT2D eigenvalue weighted by Gasteiger charge is -2.10. The molecule has 6 nitrogen and oxygen atoms in total. The standard InChI is InChI=1S/C15H16N2O4S/c1-21-12-3-5-13-10(8-12)2-4-14(17-13)15(18)16-11-6-7-22(19,20)9-11/h2-5,8,11H,6-7,9H2,1H3,(H,16,18). The summed E-state index contributed by atoms with van der Waals surface area (Å²) >= 11 is 0. The third kappa shape index (κ3) is 3.04. The lowest BCUT2D eigenvalue weighted by molar-refractivity contribution is 0.0936. The first-order valence-corrected chi connectivity index (χ1v) is 8.75. The maximum absolute atomic E-state index is 12.2. The van der Waals surface area contributed by atoms with E-state index in [1.165, 1.54) is 0 Å². The van der Waals surface area contributed by atoms with Crippen LogP contribution in [0.4, 0.5) is 0 Å². The second-order valence-electron chi connectivity index (χ2n) is 5.33. The molecule has 1 aliphatic rings. The number of amides is 1. The zero-order valence-corrected chi connectivity index (χ0v) is 12.9. The number of sulfone groups is 1. The van der Waals surface area contributed by atoms with Crippen LogP contribution in [0.15, 0.2) is 30.3 Å². The van der Waals surface area contributed by atoms with E-state index in [9.17, 15) is 13.2 Å². The molecule has 116 valence electrons. The van der Waals surface area contributed by atoms with E-state index in [4.69, 9.17) is 4.74 Å². The molecule has 7 heteroatoms. The van der Waals surface area contributed by atoms with Crippen LogP contribution in [0.25, 0.3) is 10.9 Å². The second kappa shape index (κ2) is 5.57. The van der Waals surface area contributed by atoms with Gasteiger partial charge >= 0.3 is 0 Å². The number of benzene rings is 1. The minimum absolute atomic E-state index is 0.00349. The Labute approximate surface area is 128 Å². The van der Waals surface area contributed by atoms with E-state index in [0.29, 0.717) is 11.9 Å². The van der Waals surface area contributed by atoms with Crippen LogP contribution in [0.2, 0.25) is 0 Å². The fraction of sp³-hybridized carbons (Fsp3) is 0.333. The van der Waals surface area contributed by atoms with Crippen molar-refractivity contribution in [3.05, 3.63) is 36.0 Å². The van der Waals surface area contributed by atoms with Crippen molar-refractivity contribution < 1.29 is 17.9 Å². The Balaban J connectivity index is 1.79. The lowest BCUT2D eigenvalue weighted by atomic mass is 10.2. The van der Waals surface area contributed by atoms with Gasteiger partial charge in [0.1, 0.15) is 11.4 Å². The van der Waals surface area contributed by atoms with Crippen molar-refractivity contribution >= 4 is 26.6 Å². The minimum Gasteiger partial charge on any atom is -0.497 e. The molecule has 1 aliphatic heterocycles. The van der Waals surface area contributed by atoms with E-state index in [1.54, 1.807) is 31.4 Å². The second-order valence-corrected chi connectivity index (χ2v) is 7.56. The monoisotopic (exact) mass is 320 g/mol. The number of pyridine rings is 1. The highest BCUT2D eigenvalue weighted by atomic mass is 32.2. The number of methoxy groups -OCH3 is 1. The molecule has 1 aromatic heterocycles. The zero-order valence-electron chi connectivity index (χ0n) is 12.1. The number of fused-ring (bicyclic) bond motifs is 1. The van der Waals surface area contributed by atoms with Gasteiger partial charge in [0, 0.05) is 11.4 Å². The summed E-state index contributed by atoms with van der Waals surface area (Å²) in [6, 6.07) is 8.50. The predicted molar refractivity (Wildman–Crippen MR) is 82.8 cm³/mol. The SMILES string of the molecule is COc1ccc2nc(C(=O)NC3CCS(=O)(=O)C3)ccc2c1.